The summed E-state index contributed by atoms with van der Waals surface area (Å²) in [5.74, 6) is 0.782. The van der Waals surface area contributed by atoms with Gasteiger partial charge in [0.2, 0.25) is 0 Å². The van der Waals surface area contributed by atoms with Crippen LogP contribution in [0.5, 0.6) is 0 Å². The highest BCUT2D eigenvalue weighted by Gasteiger charge is 2.60. The largest absolute Gasteiger partial charge is 0.339 e. The smallest absolute Gasteiger partial charge is 0.273 e. The number of allylic oxidation sites excluding steroid dienone is 2. The molecule has 1 amide bonds. The SMILES string of the molecule is N#Cc1ccc(C2=CC(=O)N3NC=CC(C45CC6CC(CC(C6)C4c4ccc(F)cc4F)C5)=C3N2)cc1. The molecule has 3 unspecified atom stereocenters. The first kappa shape index (κ1) is 22.3. The Balaban J connectivity index is 1.38. The molecule has 7 heteroatoms. The van der Waals surface area contributed by atoms with E-state index in [1.807, 2.05) is 18.2 Å². The van der Waals surface area contributed by atoms with Gasteiger partial charge >= 0.3 is 0 Å². The zero-order chi connectivity index (χ0) is 25.3. The Morgan fingerprint density at radius 2 is 1.78 bits per heavy atom. The van der Waals surface area contributed by atoms with Gasteiger partial charge < -0.3 is 5.32 Å². The number of nitriles is 1. The lowest BCUT2D eigenvalue weighted by atomic mass is 9.42. The van der Waals surface area contributed by atoms with E-state index < -0.39 is 11.6 Å². The van der Waals surface area contributed by atoms with Gasteiger partial charge in [-0.1, -0.05) is 18.2 Å². The second kappa shape index (κ2) is 8.04. The standard InChI is InChI=1S/C30H26F2N4O/c31-22-5-6-23(25(32)12-22)28-21-10-18-9-19(11-21)15-30(28,14-18)24-7-8-34-36-27(37)13-26(35-29(24)36)20-3-1-17(16-33)2-4-20/h1-8,12-13,18-19,21,28,34-35H,9-11,14-15H2. The molecule has 2 N–H and O–H groups in total. The summed E-state index contributed by atoms with van der Waals surface area (Å²) < 4.78 is 29.2. The Labute approximate surface area is 214 Å². The van der Waals surface area contributed by atoms with Crippen molar-refractivity contribution in [2.75, 3.05) is 0 Å². The van der Waals surface area contributed by atoms with Gasteiger partial charge in [-0.15, -0.1) is 0 Å². The minimum atomic E-state index is -0.564. The number of hydrogen-bond donors (Lipinski definition) is 2. The fourth-order valence-electron chi connectivity index (χ4n) is 8.12. The number of halogens is 2. The molecule has 37 heavy (non-hydrogen) atoms. The third kappa shape index (κ3) is 3.35. The Kier molecular flexibility index (Phi) is 4.84. The zero-order valence-electron chi connectivity index (χ0n) is 20.2. The molecule has 4 aliphatic carbocycles. The van der Waals surface area contributed by atoms with Crippen LogP contribution >= 0.6 is 0 Å². The lowest BCUT2D eigenvalue weighted by molar-refractivity contribution is -0.127. The van der Waals surface area contributed by atoms with Gasteiger partial charge in [-0.25, -0.2) is 13.8 Å². The monoisotopic (exact) mass is 496 g/mol. The van der Waals surface area contributed by atoms with Crippen molar-refractivity contribution in [1.29, 1.82) is 5.26 Å². The van der Waals surface area contributed by atoms with Crippen LogP contribution in [-0.2, 0) is 4.79 Å². The van der Waals surface area contributed by atoms with Crippen LogP contribution in [0.15, 0.2) is 72.2 Å². The topological polar surface area (TPSA) is 68.2 Å². The van der Waals surface area contributed by atoms with Crippen LogP contribution in [0.1, 0.15) is 54.7 Å². The van der Waals surface area contributed by atoms with E-state index in [-0.39, 0.29) is 17.2 Å². The molecule has 8 rings (SSSR count). The van der Waals surface area contributed by atoms with Crippen molar-refractivity contribution in [3.8, 4) is 6.07 Å². The van der Waals surface area contributed by atoms with Crippen molar-refractivity contribution in [3.63, 3.8) is 0 Å². The molecule has 2 heterocycles. The van der Waals surface area contributed by atoms with Crippen LogP contribution in [0.4, 0.5) is 8.78 Å². The second-order valence-electron chi connectivity index (χ2n) is 11.2. The van der Waals surface area contributed by atoms with Gasteiger partial charge in [-0.3, -0.25) is 10.2 Å². The summed E-state index contributed by atoms with van der Waals surface area (Å²) in [6.07, 6.45) is 10.5. The highest BCUT2D eigenvalue weighted by atomic mass is 19.1. The molecular weight excluding hydrogens is 470 g/mol. The molecule has 4 saturated carbocycles. The highest BCUT2D eigenvalue weighted by molar-refractivity contribution is 5.98. The van der Waals surface area contributed by atoms with E-state index in [1.54, 1.807) is 30.5 Å². The highest BCUT2D eigenvalue weighted by Crippen LogP contribution is 2.69. The van der Waals surface area contributed by atoms with E-state index in [4.69, 9.17) is 5.26 Å². The van der Waals surface area contributed by atoms with Crippen molar-refractivity contribution in [1.82, 2.24) is 15.8 Å². The fourth-order valence-corrected chi connectivity index (χ4v) is 8.12. The predicted octanol–water partition coefficient (Wildman–Crippen LogP) is 5.46. The third-order valence-electron chi connectivity index (χ3n) is 9.14. The van der Waals surface area contributed by atoms with Crippen molar-refractivity contribution in [3.05, 3.63) is 101 Å². The van der Waals surface area contributed by atoms with Gasteiger partial charge in [0.05, 0.1) is 17.3 Å². The molecule has 4 bridgehead atoms. The van der Waals surface area contributed by atoms with Gasteiger partial charge in [0.15, 0.2) is 0 Å². The third-order valence-corrected chi connectivity index (χ3v) is 9.14. The number of benzene rings is 2. The lowest BCUT2D eigenvalue weighted by Crippen LogP contribution is -2.55. The number of nitrogens with one attached hydrogen (secondary N) is 2. The molecule has 0 radical (unpaired) electrons. The molecule has 2 aromatic carbocycles. The quantitative estimate of drug-likeness (QED) is 0.592. The number of amides is 1. The summed E-state index contributed by atoms with van der Waals surface area (Å²) in [7, 11) is 0. The number of fused-ring (bicyclic) bond motifs is 1. The summed E-state index contributed by atoms with van der Waals surface area (Å²) in [4.78, 5) is 13.3. The van der Waals surface area contributed by atoms with Crippen molar-refractivity contribution in [2.45, 2.75) is 38.0 Å². The molecule has 2 aromatic rings. The molecule has 5 nitrogen and oxygen atoms in total. The zero-order valence-corrected chi connectivity index (χ0v) is 20.2. The molecule has 0 saturated heterocycles. The fraction of sp³-hybridized carbons (Fsp3) is 0.333. The Morgan fingerprint density at radius 3 is 2.49 bits per heavy atom. The van der Waals surface area contributed by atoms with E-state index >= 15 is 4.39 Å². The number of hydrazine groups is 1. The Morgan fingerprint density at radius 1 is 1.03 bits per heavy atom. The maximum absolute atomic E-state index is 15.3. The molecule has 186 valence electrons. The van der Waals surface area contributed by atoms with Crippen LogP contribution in [-0.4, -0.2) is 10.9 Å². The lowest BCUT2D eigenvalue weighted by Gasteiger charge is -2.62. The average molecular weight is 497 g/mol. The maximum Gasteiger partial charge on any atom is 0.273 e. The van der Waals surface area contributed by atoms with Crippen molar-refractivity contribution < 1.29 is 13.6 Å². The minimum absolute atomic E-state index is 0.0887. The summed E-state index contributed by atoms with van der Waals surface area (Å²) in [5, 5.41) is 14.2. The van der Waals surface area contributed by atoms with Gasteiger partial charge in [-0.05, 0) is 91.2 Å². The summed E-state index contributed by atoms with van der Waals surface area (Å²) >= 11 is 0. The van der Waals surface area contributed by atoms with E-state index in [9.17, 15) is 9.18 Å². The normalized spacial score (nSPS) is 31.4. The Hall–Kier alpha value is -3.92. The van der Waals surface area contributed by atoms with Gasteiger partial charge in [0.25, 0.3) is 5.91 Å². The molecule has 3 atom stereocenters. The van der Waals surface area contributed by atoms with E-state index in [0.29, 0.717) is 40.4 Å². The van der Waals surface area contributed by atoms with Crippen LogP contribution in [0, 0.1) is 46.1 Å². The first-order valence-corrected chi connectivity index (χ1v) is 12.9. The first-order valence-electron chi connectivity index (χ1n) is 12.9. The summed E-state index contributed by atoms with van der Waals surface area (Å²) in [5.41, 5.74) is 6.31. The number of carbonyl (C=O) groups excluding carboxylic acids is 1. The molecule has 0 spiro atoms. The number of carbonyl (C=O) groups is 1. The molecule has 6 aliphatic rings. The van der Waals surface area contributed by atoms with Crippen LogP contribution in [0.25, 0.3) is 5.70 Å². The van der Waals surface area contributed by atoms with Gasteiger partial charge in [0.1, 0.15) is 17.5 Å². The number of nitrogens with zero attached hydrogens (tertiary/aromatic N) is 2. The first-order chi connectivity index (χ1) is 17.9. The van der Waals surface area contributed by atoms with Gasteiger partial charge in [-0.2, -0.15) is 5.26 Å². The second-order valence-corrected chi connectivity index (χ2v) is 11.2. The van der Waals surface area contributed by atoms with Crippen LogP contribution in [0.3, 0.4) is 0 Å². The van der Waals surface area contributed by atoms with E-state index in [2.05, 4.69) is 16.8 Å². The van der Waals surface area contributed by atoms with Crippen molar-refractivity contribution >= 4 is 11.6 Å². The Bertz CT molecular complexity index is 1440. The summed E-state index contributed by atoms with van der Waals surface area (Å²) in [6, 6.07) is 13.2. The molecule has 2 aliphatic heterocycles. The van der Waals surface area contributed by atoms with Crippen LogP contribution < -0.4 is 10.7 Å². The van der Waals surface area contributed by atoms with Crippen LogP contribution in [0.2, 0.25) is 0 Å². The van der Waals surface area contributed by atoms with E-state index in [1.165, 1.54) is 17.5 Å². The van der Waals surface area contributed by atoms with Gasteiger partial charge in [0, 0.05) is 29.3 Å². The van der Waals surface area contributed by atoms with E-state index in [0.717, 1.165) is 42.9 Å². The maximum atomic E-state index is 15.3. The number of hydrogen-bond acceptors (Lipinski definition) is 4. The molecule has 0 aromatic heterocycles. The molecule has 4 fully saturated rings. The summed E-state index contributed by atoms with van der Waals surface area (Å²) in [6.45, 7) is 0. The number of rotatable bonds is 3. The minimum Gasteiger partial charge on any atom is -0.339 e. The predicted molar refractivity (Wildman–Crippen MR) is 134 cm³/mol. The molecular formula is C30H26F2N4O. The average Bonchev–Trinajstić information content (AvgIpc) is 2.89. The van der Waals surface area contributed by atoms with Crippen molar-refractivity contribution in [2.24, 2.45) is 23.2 Å².